The van der Waals surface area contributed by atoms with Crippen molar-refractivity contribution < 1.29 is 0 Å². The lowest BCUT2D eigenvalue weighted by molar-refractivity contribution is 0.554. The summed E-state index contributed by atoms with van der Waals surface area (Å²) in [5.41, 5.74) is 0. The van der Waals surface area contributed by atoms with Crippen molar-refractivity contribution in [3.05, 3.63) is 12.7 Å². The first kappa shape index (κ1) is 11.2. The first-order chi connectivity index (χ1) is 5.85. The number of hydrogen-bond acceptors (Lipinski definition) is 2. The van der Waals surface area contributed by atoms with E-state index in [-0.39, 0.29) is 6.04 Å². The van der Waals surface area contributed by atoms with Crippen molar-refractivity contribution >= 4 is 0 Å². The van der Waals surface area contributed by atoms with Crippen LogP contribution in [0.15, 0.2) is 12.7 Å². The van der Waals surface area contributed by atoms with Gasteiger partial charge in [0.2, 0.25) is 0 Å². The monoisotopic (exact) mass is 166 g/mol. The van der Waals surface area contributed by atoms with E-state index in [0.29, 0.717) is 0 Å². The summed E-state index contributed by atoms with van der Waals surface area (Å²) in [6.07, 6.45) is 6.30. The van der Waals surface area contributed by atoms with Gasteiger partial charge < -0.3 is 0 Å². The minimum Gasteiger partial charge on any atom is -0.298 e. The molecule has 1 atom stereocenters. The second-order valence-corrected chi connectivity index (χ2v) is 2.87. The molecule has 0 heterocycles. The predicted octanol–water partition coefficient (Wildman–Crippen LogP) is 2.23. The molecule has 0 amide bonds. The molecule has 0 saturated carbocycles. The van der Waals surface area contributed by atoms with E-state index in [4.69, 9.17) is 5.26 Å². The fourth-order valence-electron chi connectivity index (χ4n) is 1.04. The minimum atomic E-state index is 0.00884. The molecule has 1 unspecified atom stereocenters. The summed E-state index contributed by atoms with van der Waals surface area (Å²) in [7, 11) is 0. The zero-order chi connectivity index (χ0) is 9.23. The normalized spacial score (nSPS) is 12.0. The fraction of sp³-hybridized carbons (Fsp3) is 0.700. The third-order valence-electron chi connectivity index (χ3n) is 1.76. The number of nitrogens with zero attached hydrogens (tertiary/aromatic N) is 1. The molecule has 0 saturated heterocycles. The minimum absolute atomic E-state index is 0.00884. The van der Waals surface area contributed by atoms with Crippen molar-refractivity contribution in [1.82, 2.24) is 5.32 Å². The Morgan fingerprint density at radius 1 is 1.58 bits per heavy atom. The molecule has 0 rings (SSSR count). The Kier molecular flexibility index (Phi) is 7.73. The highest BCUT2D eigenvalue weighted by Gasteiger charge is 2.03. The van der Waals surface area contributed by atoms with Gasteiger partial charge in [0.15, 0.2) is 0 Å². The van der Waals surface area contributed by atoms with Crippen LogP contribution in [0.2, 0.25) is 0 Å². The van der Waals surface area contributed by atoms with Crippen LogP contribution in [-0.2, 0) is 0 Å². The van der Waals surface area contributed by atoms with Crippen LogP contribution in [0.25, 0.3) is 0 Å². The Morgan fingerprint density at radius 2 is 2.33 bits per heavy atom. The largest absolute Gasteiger partial charge is 0.298 e. The molecule has 68 valence electrons. The molecule has 0 aliphatic rings. The Morgan fingerprint density at radius 3 is 2.83 bits per heavy atom. The molecule has 1 N–H and O–H groups in total. The van der Waals surface area contributed by atoms with Crippen LogP contribution < -0.4 is 5.32 Å². The molecule has 2 heteroatoms. The topological polar surface area (TPSA) is 35.8 Å². The van der Waals surface area contributed by atoms with Gasteiger partial charge in [0.25, 0.3) is 0 Å². The van der Waals surface area contributed by atoms with Crippen LogP contribution in [0.3, 0.4) is 0 Å². The first-order valence-corrected chi connectivity index (χ1v) is 4.59. The summed E-state index contributed by atoms with van der Waals surface area (Å²) in [5, 5.41) is 11.8. The first-order valence-electron chi connectivity index (χ1n) is 4.59. The van der Waals surface area contributed by atoms with Gasteiger partial charge in [0, 0.05) is 6.54 Å². The van der Waals surface area contributed by atoms with Gasteiger partial charge in [-0.15, -0.1) is 6.58 Å². The molecular formula is C10H18N2. The molecule has 0 radical (unpaired) electrons. The van der Waals surface area contributed by atoms with Crippen molar-refractivity contribution in [3.8, 4) is 6.07 Å². The Bertz CT molecular complexity index is 146. The number of hydrogen-bond donors (Lipinski definition) is 1. The predicted molar refractivity (Wildman–Crippen MR) is 51.7 cm³/mol. The van der Waals surface area contributed by atoms with Gasteiger partial charge in [-0.3, -0.25) is 5.32 Å². The lowest BCUT2D eigenvalue weighted by atomic mass is 10.1. The maximum absolute atomic E-state index is 8.71. The summed E-state index contributed by atoms with van der Waals surface area (Å²) in [5.74, 6) is 0. The van der Waals surface area contributed by atoms with Crippen LogP contribution in [0, 0.1) is 11.3 Å². The SMILES string of the molecule is C=CCNC(C#N)CCCCC. The van der Waals surface area contributed by atoms with Gasteiger partial charge in [-0.1, -0.05) is 32.3 Å². The van der Waals surface area contributed by atoms with E-state index in [9.17, 15) is 0 Å². The molecule has 2 nitrogen and oxygen atoms in total. The second-order valence-electron chi connectivity index (χ2n) is 2.87. The average Bonchev–Trinajstić information content (AvgIpc) is 2.11. The molecular weight excluding hydrogens is 148 g/mol. The maximum atomic E-state index is 8.71. The molecule has 0 aromatic carbocycles. The summed E-state index contributed by atoms with van der Waals surface area (Å²) in [6, 6.07) is 2.25. The Labute approximate surface area is 75.3 Å². The van der Waals surface area contributed by atoms with Crippen molar-refractivity contribution in [2.45, 2.75) is 38.6 Å². The van der Waals surface area contributed by atoms with Crippen molar-refractivity contribution in [2.24, 2.45) is 0 Å². The summed E-state index contributed by atoms with van der Waals surface area (Å²) < 4.78 is 0. The number of unbranched alkanes of at least 4 members (excludes halogenated alkanes) is 2. The van der Waals surface area contributed by atoms with Gasteiger partial charge in [-0.25, -0.2) is 0 Å². The molecule has 0 bridgehead atoms. The van der Waals surface area contributed by atoms with Gasteiger partial charge in [0.1, 0.15) is 0 Å². The molecule has 12 heavy (non-hydrogen) atoms. The molecule has 0 spiro atoms. The molecule has 0 aromatic heterocycles. The van der Waals surface area contributed by atoms with Crippen molar-refractivity contribution in [1.29, 1.82) is 5.26 Å². The standard InChI is InChI=1S/C10H18N2/c1-3-5-6-7-10(9-11)12-8-4-2/h4,10,12H,2-3,5-8H2,1H3. The lowest BCUT2D eigenvalue weighted by Gasteiger charge is -2.08. The maximum Gasteiger partial charge on any atom is 0.0955 e. The van der Waals surface area contributed by atoms with E-state index in [0.717, 1.165) is 19.4 Å². The summed E-state index contributed by atoms with van der Waals surface area (Å²) in [6.45, 7) is 6.48. The number of nitriles is 1. The summed E-state index contributed by atoms with van der Waals surface area (Å²) in [4.78, 5) is 0. The molecule has 0 aromatic rings. The van der Waals surface area contributed by atoms with Crippen LogP contribution in [0.5, 0.6) is 0 Å². The Balaban J connectivity index is 3.41. The summed E-state index contributed by atoms with van der Waals surface area (Å²) >= 11 is 0. The van der Waals surface area contributed by atoms with Crippen LogP contribution in [0.1, 0.15) is 32.6 Å². The van der Waals surface area contributed by atoms with Crippen LogP contribution >= 0.6 is 0 Å². The van der Waals surface area contributed by atoms with Crippen LogP contribution in [0.4, 0.5) is 0 Å². The molecule has 0 fully saturated rings. The highest BCUT2D eigenvalue weighted by Crippen LogP contribution is 2.02. The van der Waals surface area contributed by atoms with Crippen molar-refractivity contribution in [3.63, 3.8) is 0 Å². The third kappa shape index (κ3) is 5.94. The second kappa shape index (κ2) is 8.29. The fourth-order valence-corrected chi connectivity index (χ4v) is 1.04. The van der Waals surface area contributed by atoms with E-state index in [1.54, 1.807) is 6.08 Å². The van der Waals surface area contributed by atoms with Crippen molar-refractivity contribution in [2.75, 3.05) is 6.54 Å². The number of nitrogens with one attached hydrogen (secondary N) is 1. The zero-order valence-electron chi connectivity index (χ0n) is 7.84. The highest BCUT2D eigenvalue weighted by atomic mass is 14.9. The van der Waals surface area contributed by atoms with E-state index in [1.165, 1.54) is 12.8 Å². The van der Waals surface area contributed by atoms with Crippen LogP contribution in [-0.4, -0.2) is 12.6 Å². The van der Waals surface area contributed by atoms with Gasteiger partial charge in [-0.2, -0.15) is 5.26 Å². The lowest BCUT2D eigenvalue weighted by Crippen LogP contribution is -2.27. The third-order valence-corrected chi connectivity index (χ3v) is 1.76. The smallest absolute Gasteiger partial charge is 0.0955 e. The Hall–Kier alpha value is -0.810. The highest BCUT2D eigenvalue weighted by molar-refractivity contribution is 4.91. The zero-order valence-corrected chi connectivity index (χ0v) is 7.84. The number of rotatable bonds is 7. The van der Waals surface area contributed by atoms with E-state index in [1.807, 2.05) is 0 Å². The molecule has 0 aliphatic heterocycles. The molecule has 0 aliphatic carbocycles. The van der Waals surface area contributed by atoms with E-state index < -0.39 is 0 Å². The average molecular weight is 166 g/mol. The van der Waals surface area contributed by atoms with Gasteiger partial charge in [-0.05, 0) is 6.42 Å². The van der Waals surface area contributed by atoms with Gasteiger partial charge in [0.05, 0.1) is 12.1 Å². The van der Waals surface area contributed by atoms with Gasteiger partial charge >= 0.3 is 0 Å². The quantitative estimate of drug-likeness (QED) is 0.465. The van der Waals surface area contributed by atoms with E-state index >= 15 is 0 Å². The van der Waals surface area contributed by atoms with E-state index in [2.05, 4.69) is 24.9 Å².